The molecule has 0 amide bonds. The predicted octanol–water partition coefficient (Wildman–Crippen LogP) is -1.02. The topological polar surface area (TPSA) is 83.5 Å². The third kappa shape index (κ3) is 1.48. The molecule has 2 unspecified atom stereocenters. The minimum atomic E-state index is -1.22. The Morgan fingerprint density at radius 2 is 2.00 bits per heavy atom. The lowest BCUT2D eigenvalue weighted by atomic mass is 10.1. The highest BCUT2D eigenvalue weighted by molar-refractivity contribution is 5.62. The van der Waals surface area contributed by atoms with Gasteiger partial charge in [-0.3, -0.25) is 0 Å². The molecule has 0 aromatic heterocycles. The third-order valence-corrected chi connectivity index (χ3v) is 2.69. The van der Waals surface area contributed by atoms with E-state index >= 15 is 0 Å². The summed E-state index contributed by atoms with van der Waals surface area (Å²) in [5, 5.41) is 9.11. The SMILES string of the molecule is O=C1OCC([C@H]2OC[C@H]3OC(O)O[C@@H]23)O1. The number of ether oxygens (including phenoxy) is 5. The zero-order valence-corrected chi connectivity index (χ0v) is 7.70. The molecule has 7 nitrogen and oxygen atoms in total. The Labute approximate surface area is 84.8 Å². The lowest BCUT2D eigenvalue weighted by molar-refractivity contribution is -0.232. The number of carbonyl (C=O) groups excluding carboxylic acids is 1. The average molecular weight is 218 g/mol. The monoisotopic (exact) mass is 218 g/mol. The van der Waals surface area contributed by atoms with Crippen molar-refractivity contribution < 1.29 is 33.6 Å². The van der Waals surface area contributed by atoms with Crippen LogP contribution in [0.3, 0.4) is 0 Å². The number of fused-ring (bicyclic) bond motifs is 1. The second kappa shape index (κ2) is 3.31. The summed E-state index contributed by atoms with van der Waals surface area (Å²) in [4.78, 5) is 10.7. The zero-order chi connectivity index (χ0) is 10.4. The minimum absolute atomic E-state index is 0.145. The van der Waals surface area contributed by atoms with Gasteiger partial charge in [-0.15, -0.1) is 0 Å². The largest absolute Gasteiger partial charge is 0.508 e. The van der Waals surface area contributed by atoms with Crippen LogP contribution in [0.15, 0.2) is 0 Å². The van der Waals surface area contributed by atoms with Gasteiger partial charge in [0, 0.05) is 0 Å². The molecule has 0 aromatic carbocycles. The lowest BCUT2D eigenvalue weighted by Gasteiger charge is -2.19. The maximum atomic E-state index is 10.7. The van der Waals surface area contributed by atoms with Gasteiger partial charge < -0.3 is 28.8 Å². The Morgan fingerprint density at radius 3 is 2.73 bits per heavy atom. The van der Waals surface area contributed by atoms with Gasteiger partial charge in [-0.2, -0.15) is 0 Å². The number of cyclic esters (lactones) is 2. The highest BCUT2D eigenvalue weighted by Crippen LogP contribution is 2.32. The van der Waals surface area contributed by atoms with Gasteiger partial charge in [-0.25, -0.2) is 4.79 Å². The van der Waals surface area contributed by atoms with Crippen LogP contribution in [0.1, 0.15) is 0 Å². The fourth-order valence-electron chi connectivity index (χ4n) is 2.03. The highest BCUT2D eigenvalue weighted by atomic mass is 16.8. The van der Waals surface area contributed by atoms with Gasteiger partial charge in [-0.1, -0.05) is 0 Å². The quantitative estimate of drug-likeness (QED) is 0.564. The van der Waals surface area contributed by atoms with Crippen molar-refractivity contribution in [1.82, 2.24) is 0 Å². The van der Waals surface area contributed by atoms with Crippen LogP contribution >= 0.6 is 0 Å². The summed E-state index contributed by atoms with van der Waals surface area (Å²) in [6, 6.07) is 0. The molecule has 5 atom stereocenters. The average Bonchev–Trinajstić information content (AvgIpc) is 2.80. The Morgan fingerprint density at radius 1 is 1.13 bits per heavy atom. The Balaban J connectivity index is 1.70. The molecule has 3 aliphatic rings. The number of rotatable bonds is 1. The van der Waals surface area contributed by atoms with Gasteiger partial charge >= 0.3 is 6.16 Å². The van der Waals surface area contributed by atoms with Gasteiger partial charge in [0.1, 0.15) is 24.9 Å². The van der Waals surface area contributed by atoms with Crippen LogP contribution < -0.4 is 0 Å². The van der Waals surface area contributed by atoms with Crippen LogP contribution in [0, 0.1) is 0 Å². The first-order valence-electron chi connectivity index (χ1n) is 4.68. The van der Waals surface area contributed by atoms with Crippen LogP contribution in [0.4, 0.5) is 4.79 Å². The first-order valence-corrected chi connectivity index (χ1v) is 4.68. The van der Waals surface area contributed by atoms with Crippen molar-refractivity contribution in [2.24, 2.45) is 0 Å². The highest BCUT2D eigenvalue weighted by Gasteiger charge is 2.52. The molecule has 84 valence electrons. The van der Waals surface area contributed by atoms with E-state index in [9.17, 15) is 4.79 Å². The first kappa shape index (κ1) is 9.34. The minimum Gasteiger partial charge on any atom is -0.430 e. The Hall–Kier alpha value is -0.890. The normalized spacial score (nSPS) is 48.9. The standard InChI is InChI=1S/C8H10O7/c9-7-12-2-3(13-7)5-6-4(1-11-5)14-8(10)15-6/h3-6,8,10H,1-2H2/t3?,4-,5-,6-,8?/m1/s1. The van der Waals surface area contributed by atoms with E-state index in [4.69, 9.17) is 24.1 Å². The lowest BCUT2D eigenvalue weighted by Crippen LogP contribution is -2.39. The van der Waals surface area contributed by atoms with Crippen molar-refractivity contribution in [3.63, 3.8) is 0 Å². The molecule has 3 rings (SSSR count). The van der Waals surface area contributed by atoms with E-state index in [1.807, 2.05) is 0 Å². The summed E-state index contributed by atoms with van der Waals surface area (Å²) >= 11 is 0. The summed E-state index contributed by atoms with van der Waals surface area (Å²) in [6.45, 7) is -0.753. The zero-order valence-electron chi connectivity index (χ0n) is 7.70. The summed E-state index contributed by atoms with van der Waals surface area (Å²) in [6.07, 6.45) is -2.32. The van der Waals surface area contributed by atoms with Crippen LogP contribution in [-0.4, -0.2) is 55.4 Å². The number of aliphatic hydroxyl groups excluding tert-OH is 1. The molecule has 0 radical (unpaired) electrons. The van der Waals surface area contributed by atoms with E-state index in [0.717, 1.165) is 0 Å². The number of aliphatic hydroxyl groups is 1. The summed E-state index contributed by atoms with van der Waals surface area (Å²) in [7, 11) is 0. The first-order chi connectivity index (χ1) is 7.24. The third-order valence-electron chi connectivity index (χ3n) is 2.69. The summed E-state index contributed by atoms with van der Waals surface area (Å²) in [5.41, 5.74) is 0. The molecule has 1 N–H and O–H groups in total. The molecular formula is C8H10O7. The summed E-state index contributed by atoms with van der Waals surface area (Å²) in [5.74, 6) is 0. The Kier molecular flexibility index (Phi) is 2.06. The molecule has 3 aliphatic heterocycles. The van der Waals surface area contributed by atoms with E-state index < -0.39 is 30.9 Å². The van der Waals surface area contributed by atoms with Crippen molar-refractivity contribution in [2.75, 3.05) is 13.2 Å². The van der Waals surface area contributed by atoms with Gasteiger partial charge in [0.25, 0.3) is 6.48 Å². The van der Waals surface area contributed by atoms with Crippen LogP contribution in [-0.2, 0) is 23.7 Å². The van der Waals surface area contributed by atoms with E-state index in [2.05, 4.69) is 4.74 Å². The molecule has 0 aromatic rings. The van der Waals surface area contributed by atoms with Crippen molar-refractivity contribution in [3.05, 3.63) is 0 Å². The summed E-state index contributed by atoms with van der Waals surface area (Å²) < 4.78 is 25.1. The number of hydrogen-bond acceptors (Lipinski definition) is 7. The molecule has 3 saturated heterocycles. The molecule has 0 aliphatic carbocycles. The smallest absolute Gasteiger partial charge is 0.430 e. The number of hydrogen-bond donors (Lipinski definition) is 1. The van der Waals surface area contributed by atoms with Gasteiger partial charge in [0.05, 0.1) is 6.61 Å². The molecular weight excluding hydrogens is 208 g/mol. The van der Waals surface area contributed by atoms with E-state index in [1.54, 1.807) is 0 Å². The van der Waals surface area contributed by atoms with Crippen molar-refractivity contribution in [3.8, 4) is 0 Å². The van der Waals surface area contributed by atoms with Crippen LogP contribution in [0.25, 0.3) is 0 Å². The predicted molar refractivity (Wildman–Crippen MR) is 41.7 cm³/mol. The van der Waals surface area contributed by atoms with Gasteiger partial charge in [-0.05, 0) is 0 Å². The fraction of sp³-hybridized carbons (Fsp3) is 0.875. The van der Waals surface area contributed by atoms with Crippen molar-refractivity contribution in [2.45, 2.75) is 30.9 Å². The molecule has 3 heterocycles. The van der Waals surface area contributed by atoms with Gasteiger partial charge in [0.15, 0.2) is 6.10 Å². The molecule has 0 bridgehead atoms. The molecule has 3 fully saturated rings. The van der Waals surface area contributed by atoms with Crippen molar-refractivity contribution >= 4 is 6.16 Å². The number of carbonyl (C=O) groups is 1. The fourth-order valence-corrected chi connectivity index (χ4v) is 2.03. The Bertz CT molecular complexity index is 280. The van der Waals surface area contributed by atoms with Crippen LogP contribution in [0.2, 0.25) is 0 Å². The molecule has 15 heavy (non-hydrogen) atoms. The maximum Gasteiger partial charge on any atom is 0.508 e. The van der Waals surface area contributed by atoms with Crippen LogP contribution in [0.5, 0.6) is 0 Å². The molecule has 0 saturated carbocycles. The second-order valence-corrected chi connectivity index (χ2v) is 3.60. The van der Waals surface area contributed by atoms with Gasteiger partial charge in [0.2, 0.25) is 0 Å². The maximum absolute atomic E-state index is 10.7. The molecule has 0 spiro atoms. The second-order valence-electron chi connectivity index (χ2n) is 3.60. The van der Waals surface area contributed by atoms with E-state index in [-0.39, 0.29) is 12.7 Å². The van der Waals surface area contributed by atoms with E-state index in [1.165, 1.54) is 0 Å². The van der Waals surface area contributed by atoms with E-state index in [0.29, 0.717) is 6.61 Å². The molecule has 7 heteroatoms. The van der Waals surface area contributed by atoms with Crippen molar-refractivity contribution in [1.29, 1.82) is 0 Å².